The van der Waals surface area contributed by atoms with Crippen LogP contribution in [0.1, 0.15) is 51.0 Å². The summed E-state index contributed by atoms with van der Waals surface area (Å²) < 4.78 is 5.06. The van der Waals surface area contributed by atoms with Gasteiger partial charge in [-0.2, -0.15) is 0 Å². The number of unbranched alkanes of at least 4 members (excludes halogenated alkanes) is 2. The number of benzene rings is 1. The maximum absolute atomic E-state index is 9.98. The monoisotopic (exact) mass is 296 g/mol. The van der Waals surface area contributed by atoms with Crippen molar-refractivity contribution < 1.29 is 20.1 Å². The summed E-state index contributed by atoms with van der Waals surface area (Å²) >= 11 is 0. The van der Waals surface area contributed by atoms with Crippen LogP contribution in [0.15, 0.2) is 18.2 Å². The molecule has 0 aromatic heterocycles. The van der Waals surface area contributed by atoms with Crippen molar-refractivity contribution in [2.75, 3.05) is 7.11 Å². The normalized spacial score (nSPS) is 13.9. The molecule has 0 aliphatic heterocycles. The molecule has 1 aromatic rings. The minimum absolute atomic E-state index is 0.119. The summed E-state index contributed by atoms with van der Waals surface area (Å²) in [6.45, 7) is 2.13. The highest BCUT2D eigenvalue weighted by Gasteiger charge is 2.12. The molecule has 0 aliphatic rings. The Bertz CT molecular complexity index is 406. The number of aromatic hydroxyl groups is 1. The van der Waals surface area contributed by atoms with E-state index in [0.29, 0.717) is 25.0 Å². The van der Waals surface area contributed by atoms with Crippen LogP contribution in [0, 0.1) is 0 Å². The fraction of sp³-hybridized carbons (Fsp3) is 0.647. The summed E-state index contributed by atoms with van der Waals surface area (Å²) in [7, 11) is 1.51. The highest BCUT2D eigenvalue weighted by atomic mass is 16.5. The lowest BCUT2D eigenvalue weighted by molar-refractivity contribution is 0.0698. The maximum atomic E-state index is 9.98. The van der Waals surface area contributed by atoms with Gasteiger partial charge in [-0.15, -0.1) is 0 Å². The van der Waals surface area contributed by atoms with E-state index in [2.05, 4.69) is 6.92 Å². The van der Waals surface area contributed by atoms with E-state index in [1.165, 1.54) is 7.11 Å². The average Bonchev–Trinajstić information content (AvgIpc) is 2.46. The summed E-state index contributed by atoms with van der Waals surface area (Å²) in [5.41, 5.74) is 1.00. The fourth-order valence-electron chi connectivity index (χ4n) is 2.39. The quantitative estimate of drug-likeness (QED) is 0.580. The molecule has 4 nitrogen and oxygen atoms in total. The van der Waals surface area contributed by atoms with Crippen molar-refractivity contribution in [1.29, 1.82) is 0 Å². The largest absolute Gasteiger partial charge is 0.504 e. The minimum Gasteiger partial charge on any atom is -0.504 e. The molecule has 0 bridgehead atoms. The number of aliphatic hydroxyl groups is 2. The van der Waals surface area contributed by atoms with Crippen LogP contribution >= 0.6 is 0 Å². The van der Waals surface area contributed by atoms with Gasteiger partial charge in [0.25, 0.3) is 0 Å². The fourth-order valence-corrected chi connectivity index (χ4v) is 2.39. The number of phenolic OH excluding ortho intramolecular Hbond substituents is 1. The Morgan fingerprint density at radius 3 is 2.48 bits per heavy atom. The molecule has 0 radical (unpaired) electrons. The number of hydrogen-bond donors (Lipinski definition) is 3. The highest BCUT2D eigenvalue weighted by molar-refractivity contribution is 5.41. The first-order valence-corrected chi connectivity index (χ1v) is 7.78. The number of hydrogen-bond acceptors (Lipinski definition) is 4. The van der Waals surface area contributed by atoms with Crippen molar-refractivity contribution in [2.24, 2.45) is 0 Å². The van der Waals surface area contributed by atoms with Gasteiger partial charge < -0.3 is 20.1 Å². The molecule has 0 amide bonds. The first-order valence-electron chi connectivity index (χ1n) is 7.78. The highest BCUT2D eigenvalue weighted by Crippen LogP contribution is 2.27. The van der Waals surface area contributed by atoms with Crippen LogP contribution in [0.4, 0.5) is 0 Å². The second-order valence-electron chi connectivity index (χ2n) is 5.58. The third kappa shape index (κ3) is 6.82. The molecular formula is C17H28O4. The molecule has 2 atom stereocenters. The van der Waals surface area contributed by atoms with E-state index in [1.807, 2.05) is 6.07 Å². The lowest BCUT2D eigenvalue weighted by Crippen LogP contribution is -2.18. The van der Waals surface area contributed by atoms with E-state index in [-0.39, 0.29) is 5.75 Å². The van der Waals surface area contributed by atoms with Crippen LogP contribution in [-0.2, 0) is 6.42 Å². The van der Waals surface area contributed by atoms with Crippen LogP contribution in [0.3, 0.4) is 0 Å². The second kappa shape index (κ2) is 9.64. The summed E-state index contributed by atoms with van der Waals surface area (Å²) in [6.07, 6.45) is 4.84. The Hall–Kier alpha value is -1.26. The topological polar surface area (TPSA) is 69.9 Å². The van der Waals surface area contributed by atoms with Crippen molar-refractivity contribution in [3.63, 3.8) is 0 Å². The number of rotatable bonds is 10. The predicted octanol–water partition coefficient (Wildman–Crippen LogP) is 3.03. The number of aryl methyl sites for hydroxylation is 1. The van der Waals surface area contributed by atoms with Crippen molar-refractivity contribution in [3.8, 4) is 11.5 Å². The summed E-state index contributed by atoms with van der Waals surface area (Å²) in [4.78, 5) is 0. The molecule has 4 heteroatoms. The molecule has 1 rings (SSSR count). The third-order valence-electron chi connectivity index (χ3n) is 3.70. The van der Waals surface area contributed by atoms with Gasteiger partial charge in [-0.25, -0.2) is 0 Å². The number of methoxy groups -OCH3 is 1. The number of phenols is 1. The molecule has 120 valence electrons. The average molecular weight is 296 g/mol. The van der Waals surface area contributed by atoms with Gasteiger partial charge in [0.15, 0.2) is 11.5 Å². The molecule has 0 saturated heterocycles. The molecule has 1 aromatic carbocycles. The predicted molar refractivity (Wildman–Crippen MR) is 83.8 cm³/mol. The van der Waals surface area contributed by atoms with Gasteiger partial charge >= 0.3 is 0 Å². The van der Waals surface area contributed by atoms with Crippen LogP contribution in [-0.4, -0.2) is 34.6 Å². The number of aliphatic hydroxyl groups excluding tert-OH is 2. The van der Waals surface area contributed by atoms with Crippen LogP contribution in [0.25, 0.3) is 0 Å². The van der Waals surface area contributed by atoms with Gasteiger partial charge in [-0.05, 0) is 43.4 Å². The van der Waals surface area contributed by atoms with Gasteiger partial charge in [-0.1, -0.05) is 32.3 Å². The van der Waals surface area contributed by atoms with Crippen LogP contribution < -0.4 is 4.74 Å². The van der Waals surface area contributed by atoms with Crippen molar-refractivity contribution in [2.45, 2.75) is 64.1 Å². The van der Waals surface area contributed by atoms with Crippen LogP contribution in [0.2, 0.25) is 0 Å². The standard InChI is InChI=1S/C17H28O4/c1-3-4-5-6-14(18)12-15(19)9-7-13-8-10-16(20)17(11-13)21-2/h8,10-11,14-15,18-20H,3-7,9,12H2,1-2H3/t14-,15-/m0/s1. The first-order chi connectivity index (χ1) is 10.1. The van der Waals surface area contributed by atoms with Gasteiger partial charge in [-0.3, -0.25) is 0 Å². The lowest BCUT2D eigenvalue weighted by Gasteiger charge is -2.16. The third-order valence-corrected chi connectivity index (χ3v) is 3.70. The van der Waals surface area contributed by atoms with Gasteiger partial charge in [0.1, 0.15) is 0 Å². The summed E-state index contributed by atoms with van der Waals surface area (Å²) in [5, 5.41) is 29.4. The van der Waals surface area contributed by atoms with E-state index < -0.39 is 12.2 Å². The van der Waals surface area contributed by atoms with E-state index in [9.17, 15) is 15.3 Å². The van der Waals surface area contributed by atoms with Gasteiger partial charge in [0.05, 0.1) is 19.3 Å². The molecule has 0 aliphatic carbocycles. The van der Waals surface area contributed by atoms with E-state index in [0.717, 1.165) is 31.2 Å². The first kappa shape index (κ1) is 17.8. The molecule has 0 spiro atoms. The zero-order chi connectivity index (χ0) is 15.7. The SMILES string of the molecule is CCCCC[C@H](O)C[C@@H](O)CCc1ccc(O)c(OC)c1. The lowest BCUT2D eigenvalue weighted by atomic mass is 10.00. The Labute approximate surface area is 127 Å². The summed E-state index contributed by atoms with van der Waals surface area (Å²) in [5.74, 6) is 0.565. The van der Waals surface area contributed by atoms with Crippen LogP contribution in [0.5, 0.6) is 11.5 Å². The zero-order valence-corrected chi connectivity index (χ0v) is 13.1. The maximum Gasteiger partial charge on any atom is 0.160 e. The Morgan fingerprint density at radius 1 is 1.10 bits per heavy atom. The molecule has 3 N–H and O–H groups in total. The minimum atomic E-state index is -0.499. The molecular weight excluding hydrogens is 268 g/mol. The Balaban J connectivity index is 2.33. The zero-order valence-electron chi connectivity index (χ0n) is 13.1. The number of ether oxygens (including phenoxy) is 1. The molecule has 0 unspecified atom stereocenters. The van der Waals surface area contributed by atoms with Gasteiger partial charge in [0, 0.05) is 0 Å². The summed E-state index contributed by atoms with van der Waals surface area (Å²) in [6, 6.07) is 5.20. The smallest absolute Gasteiger partial charge is 0.160 e. The van der Waals surface area contributed by atoms with E-state index >= 15 is 0 Å². The Morgan fingerprint density at radius 2 is 1.81 bits per heavy atom. The Kier molecular flexibility index (Phi) is 8.16. The molecule has 0 heterocycles. The van der Waals surface area contributed by atoms with Crippen molar-refractivity contribution in [3.05, 3.63) is 23.8 Å². The molecule has 0 saturated carbocycles. The van der Waals surface area contributed by atoms with E-state index in [1.54, 1.807) is 12.1 Å². The second-order valence-corrected chi connectivity index (χ2v) is 5.58. The van der Waals surface area contributed by atoms with E-state index in [4.69, 9.17) is 4.74 Å². The van der Waals surface area contributed by atoms with Gasteiger partial charge in [0.2, 0.25) is 0 Å². The van der Waals surface area contributed by atoms with Crippen molar-refractivity contribution in [1.82, 2.24) is 0 Å². The molecule has 0 fully saturated rings. The van der Waals surface area contributed by atoms with Crippen molar-refractivity contribution >= 4 is 0 Å². The molecule has 21 heavy (non-hydrogen) atoms.